The van der Waals surface area contributed by atoms with Gasteiger partial charge in [-0.3, -0.25) is 19.8 Å². The highest BCUT2D eigenvalue weighted by Crippen LogP contribution is 2.10. The molecule has 1 atom stereocenters. The number of nitrogens with zero attached hydrogens (tertiary/aromatic N) is 1. The first-order chi connectivity index (χ1) is 6.50. The van der Waals surface area contributed by atoms with E-state index < -0.39 is 17.8 Å². The summed E-state index contributed by atoms with van der Waals surface area (Å²) in [7, 11) is 0. The fraction of sp³-hybridized carbons (Fsp3) is 0.625. The Morgan fingerprint density at radius 2 is 2.00 bits per heavy atom. The number of rotatable bonds is 2. The highest BCUT2D eigenvalue weighted by atomic mass is 16.6. The Morgan fingerprint density at radius 3 is 2.36 bits per heavy atom. The van der Waals surface area contributed by atoms with Crippen molar-refractivity contribution in [2.45, 2.75) is 20.0 Å². The first-order valence-corrected chi connectivity index (χ1v) is 4.22. The lowest BCUT2D eigenvalue weighted by Gasteiger charge is -2.17. The molecule has 1 rings (SSSR count). The first kappa shape index (κ1) is 10.6. The Morgan fingerprint density at radius 1 is 1.43 bits per heavy atom. The van der Waals surface area contributed by atoms with Gasteiger partial charge in [0.05, 0.1) is 19.3 Å². The molecule has 0 bridgehead atoms. The van der Waals surface area contributed by atoms with Crippen LogP contribution in [0, 0.1) is 0 Å². The van der Waals surface area contributed by atoms with Crippen LogP contribution in [0.3, 0.4) is 0 Å². The minimum Gasteiger partial charge on any atom is -0.371 e. The zero-order chi connectivity index (χ0) is 10.7. The normalized spacial score (nSPS) is 18.6. The lowest BCUT2D eigenvalue weighted by atomic mass is 10.4. The topological polar surface area (TPSA) is 79.0 Å². The highest BCUT2D eigenvalue weighted by molar-refractivity contribution is 6.00. The van der Waals surface area contributed by atoms with Gasteiger partial charge < -0.3 is 4.74 Å². The SMILES string of the molecule is CC(=O)NC(=O)N(CC1CO1)C(C)=O. The van der Waals surface area contributed by atoms with Gasteiger partial charge in [0, 0.05) is 13.8 Å². The minimum atomic E-state index is -0.694. The van der Waals surface area contributed by atoms with Crippen LogP contribution in [0.2, 0.25) is 0 Å². The first-order valence-electron chi connectivity index (χ1n) is 4.22. The molecule has 0 saturated carbocycles. The molecular formula is C8H12N2O4. The van der Waals surface area contributed by atoms with Crippen molar-refractivity contribution in [1.82, 2.24) is 10.2 Å². The largest absolute Gasteiger partial charge is 0.371 e. The lowest BCUT2D eigenvalue weighted by Crippen LogP contribution is -2.46. The molecule has 0 aromatic heterocycles. The number of carbonyl (C=O) groups excluding carboxylic acids is 3. The molecule has 1 aliphatic heterocycles. The van der Waals surface area contributed by atoms with Crippen LogP contribution in [0.5, 0.6) is 0 Å². The van der Waals surface area contributed by atoms with Crippen molar-refractivity contribution in [3.05, 3.63) is 0 Å². The standard InChI is InChI=1S/C8H12N2O4/c1-5(11)9-8(13)10(6(2)12)3-7-4-14-7/h7H,3-4H2,1-2H3,(H,9,11,13). The molecule has 1 unspecified atom stereocenters. The van der Waals surface area contributed by atoms with E-state index >= 15 is 0 Å². The Kier molecular flexibility index (Phi) is 3.19. The number of imide groups is 2. The Labute approximate surface area is 81.2 Å². The number of ether oxygens (including phenoxy) is 1. The number of nitrogens with one attached hydrogen (secondary N) is 1. The molecule has 1 N–H and O–H groups in total. The molecule has 6 heteroatoms. The second-order valence-electron chi connectivity index (χ2n) is 3.07. The van der Waals surface area contributed by atoms with Gasteiger partial charge in [0.15, 0.2) is 0 Å². The van der Waals surface area contributed by atoms with E-state index in [1.165, 1.54) is 13.8 Å². The average molecular weight is 200 g/mol. The Hall–Kier alpha value is -1.43. The van der Waals surface area contributed by atoms with Crippen LogP contribution >= 0.6 is 0 Å². The molecule has 14 heavy (non-hydrogen) atoms. The van der Waals surface area contributed by atoms with Gasteiger partial charge in [-0.1, -0.05) is 0 Å². The van der Waals surface area contributed by atoms with Crippen molar-refractivity contribution in [3.8, 4) is 0 Å². The van der Waals surface area contributed by atoms with Gasteiger partial charge in [-0.15, -0.1) is 0 Å². The fourth-order valence-corrected chi connectivity index (χ4v) is 0.950. The van der Waals surface area contributed by atoms with Crippen molar-refractivity contribution in [2.24, 2.45) is 0 Å². The third kappa shape index (κ3) is 3.14. The number of epoxide rings is 1. The lowest BCUT2D eigenvalue weighted by molar-refractivity contribution is -0.126. The quantitative estimate of drug-likeness (QED) is 0.609. The van der Waals surface area contributed by atoms with Crippen LogP contribution in [-0.4, -0.2) is 42.0 Å². The molecule has 0 aromatic rings. The summed E-state index contributed by atoms with van der Waals surface area (Å²) < 4.78 is 4.89. The van der Waals surface area contributed by atoms with Crippen LogP contribution < -0.4 is 5.32 Å². The van der Waals surface area contributed by atoms with Gasteiger partial charge in [0.2, 0.25) is 11.8 Å². The second-order valence-corrected chi connectivity index (χ2v) is 3.07. The summed E-state index contributed by atoms with van der Waals surface area (Å²) >= 11 is 0. The summed E-state index contributed by atoms with van der Waals surface area (Å²) in [5.41, 5.74) is 0. The molecule has 1 saturated heterocycles. The molecule has 1 aliphatic rings. The summed E-state index contributed by atoms with van der Waals surface area (Å²) in [6.45, 7) is 3.23. The van der Waals surface area contributed by atoms with Crippen molar-refractivity contribution >= 4 is 17.8 Å². The monoisotopic (exact) mass is 200 g/mol. The molecule has 0 spiro atoms. The third-order valence-corrected chi connectivity index (χ3v) is 1.70. The van der Waals surface area contributed by atoms with Gasteiger partial charge in [-0.25, -0.2) is 4.79 Å². The van der Waals surface area contributed by atoms with Gasteiger partial charge in [0.25, 0.3) is 0 Å². The number of hydrogen-bond acceptors (Lipinski definition) is 4. The van der Waals surface area contributed by atoms with E-state index in [9.17, 15) is 14.4 Å². The second kappa shape index (κ2) is 4.19. The third-order valence-electron chi connectivity index (χ3n) is 1.70. The maximum Gasteiger partial charge on any atom is 0.330 e. The predicted molar refractivity (Wildman–Crippen MR) is 46.3 cm³/mol. The van der Waals surface area contributed by atoms with Crippen molar-refractivity contribution < 1.29 is 19.1 Å². The van der Waals surface area contributed by atoms with Crippen LogP contribution in [0.25, 0.3) is 0 Å². The van der Waals surface area contributed by atoms with Gasteiger partial charge >= 0.3 is 6.03 Å². The van der Waals surface area contributed by atoms with Crippen molar-refractivity contribution in [1.29, 1.82) is 0 Å². The highest BCUT2D eigenvalue weighted by Gasteiger charge is 2.30. The molecule has 6 nitrogen and oxygen atoms in total. The fourth-order valence-electron chi connectivity index (χ4n) is 0.950. The van der Waals surface area contributed by atoms with Gasteiger partial charge in [0.1, 0.15) is 0 Å². The predicted octanol–water partition coefficient (Wildman–Crippen LogP) is -0.510. The maximum absolute atomic E-state index is 11.3. The minimum absolute atomic E-state index is 0.0726. The molecular weight excluding hydrogens is 188 g/mol. The molecule has 1 fully saturated rings. The van der Waals surface area contributed by atoms with E-state index in [2.05, 4.69) is 0 Å². The van der Waals surface area contributed by atoms with Gasteiger partial charge in [-0.2, -0.15) is 0 Å². The summed E-state index contributed by atoms with van der Waals surface area (Å²) in [6, 6.07) is -0.694. The molecule has 0 aliphatic carbocycles. The van der Waals surface area contributed by atoms with E-state index in [0.717, 1.165) is 4.90 Å². The summed E-state index contributed by atoms with van der Waals surface area (Å²) in [4.78, 5) is 33.8. The number of amides is 4. The Bertz CT molecular complexity index is 273. The Balaban J connectivity index is 2.51. The zero-order valence-corrected chi connectivity index (χ0v) is 8.07. The maximum atomic E-state index is 11.3. The van der Waals surface area contributed by atoms with Crippen LogP contribution in [0.1, 0.15) is 13.8 Å². The van der Waals surface area contributed by atoms with Crippen molar-refractivity contribution in [3.63, 3.8) is 0 Å². The van der Waals surface area contributed by atoms with E-state index in [1.54, 1.807) is 0 Å². The van der Waals surface area contributed by atoms with Crippen LogP contribution in [0.15, 0.2) is 0 Å². The molecule has 0 radical (unpaired) electrons. The smallest absolute Gasteiger partial charge is 0.330 e. The van der Waals surface area contributed by atoms with E-state index in [1.807, 2.05) is 5.32 Å². The zero-order valence-electron chi connectivity index (χ0n) is 8.07. The van der Waals surface area contributed by atoms with Crippen LogP contribution in [-0.2, 0) is 14.3 Å². The van der Waals surface area contributed by atoms with E-state index in [4.69, 9.17) is 4.74 Å². The average Bonchev–Trinajstić information content (AvgIpc) is 2.80. The number of hydrogen-bond donors (Lipinski definition) is 1. The number of carbonyl (C=O) groups is 3. The van der Waals surface area contributed by atoms with E-state index in [0.29, 0.717) is 6.61 Å². The van der Waals surface area contributed by atoms with Crippen molar-refractivity contribution in [2.75, 3.05) is 13.2 Å². The molecule has 4 amide bonds. The molecule has 78 valence electrons. The van der Waals surface area contributed by atoms with E-state index in [-0.39, 0.29) is 12.6 Å². The van der Waals surface area contributed by atoms with Gasteiger partial charge in [-0.05, 0) is 0 Å². The summed E-state index contributed by atoms with van der Waals surface area (Å²) in [5, 5.41) is 2.03. The number of urea groups is 1. The van der Waals surface area contributed by atoms with Crippen LogP contribution in [0.4, 0.5) is 4.79 Å². The summed E-state index contributed by atoms with van der Waals surface area (Å²) in [6.07, 6.45) is -0.0726. The summed E-state index contributed by atoms with van der Waals surface area (Å²) in [5.74, 6) is -0.891. The molecule has 0 aromatic carbocycles. The molecule has 1 heterocycles.